The van der Waals surface area contributed by atoms with E-state index in [2.05, 4.69) is 67.6 Å². The van der Waals surface area contributed by atoms with Gasteiger partial charge in [0, 0.05) is 23.5 Å². The van der Waals surface area contributed by atoms with Crippen LogP contribution in [0.2, 0.25) is 0 Å². The first kappa shape index (κ1) is 16.2. The molecule has 0 aliphatic carbocycles. The quantitative estimate of drug-likeness (QED) is 0.790. The minimum atomic E-state index is 0.358. The average molecular weight is 302 g/mol. The summed E-state index contributed by atoms with van der Waals surface area (Å²) in [5.74, 6) is 0.586. The molecule has 0 fully saturated rings. The van der Waals surface area contributed by atoms with Crippen molar-refractivity contribution in [1.82, 2.24) is 10.3 Å². The van der Waals surface area contributed by atoms with Crippen LogP contribution in [-0.4, -0.2) is 11.5 Å². The SMILES string of the molecule is CCCNC(Cc1nc(C)cs1)c1ccc(C(C)C)cc1. The molecule has 0 bridgehead atoms. The first-order valence-electron chi connectivity index (χ1n) is 7.84. The molecule has 0 aliphatic heterocycles. The predicted molar refractivity (Wildman–Crippen MR) is 92.1 cm³/mol. The van der Waals surface area contributed by atoms with Gasteiger partial charge in [0.05, 0.1) is 5.01 Å². The van der Waals surface area contributed by atoms with Crippen molar-refractivity contribution in [3.63, 3.8) is 0 Å². The highest BCUT2D eigenvalue weighted by atomic mass is 32.1. The van der Waals surface area contributed by atoms with Crippen molar-refractivity contribution in [1.29, 1.82) is 0 Å². The first-order valence-corrected chi connectivity index (χ1v) is 8.72. The third-order valence-electron chi connectivity index (χ3n) is 3.69. The van der Waals surface area contributed by atoms with Crippen LogP contribution in [0.1, 0.15) is 61.0 Å². The summed E-state index contributed by atoms with van der Waals surface area (Å²) in [6.07, 6.45) is 2.12. The summed E-state index contributed by atoms with van der Waals surface area (Å²) in [6, 6.07) is 9.41. The number of aromatic nitrogens is 1. The summed E-state index contributed by atoms with van der Waals surface area (Å²) in [7, 11) is 0. The lowest BCUT2D eigenvalue weighted by Crippen LogP contribution is -2.24. The Morgan fingerprint density at radius 3 is 2.33 bits per heavy atom. The van der Waals surface area contributed by atoms with Crippen LogP contribution in [0.25, 0.3) is 0 Å². The van der Waals surface area contributed by atoms with Crippen molar-refractivity contribution < 1.29 is 0 Å². The Morgan fingerprint density at radius 1 is 1.14 bits per heavy atom. The Morgan fingerprint density at radius 2 is 1.81 bits per heavy atom. The number of hydrogen-bond donors (Lipinski definition) is 1. The molecule has 0 saturated carbocycles. The minimum absolute atomic E-state index is 0.358. The monoisotopic (exact) mass is 302 g/mol. The summed E-state index contributed by atoms with van der Waals surface area (Å²) in [4.78, 5) is 4.61. The lowest BCUT2D eigenvalue weighted by atomic mass is 9.98. The molecular weight excluding hydrogens is 276 g/mol. The molecule has 1 unspecified atom stereocenters. The van der Waals surface area contributed by atoms with Gasteiger partial charge < -0.3 is 5.32 Å². The van der Waals surface area contributed by atoms with Gasteiger partial charge in [-0.05, 0) is 36.9 Å². The average Bonchev–Trinajstić information content (AvgIpc) is 2.89. The Hall–Kier alpha value is -1.19. The first-order chi connectivity index (χ1) is 10.1. The molecule has 21 heavy (non-hydrogen) atoms. The maximum atomic E-state index is 4.61. The van der Waals surface area contributed by atoms with Crippen LogP contribution >= 0.6 is 11.3 Å². The Labute approximate surface area is 132 Å². The van der Waals surface area contributed by atoms with E-state index in [1.165, 1.54) is 16.1 Å². The number of nitrogens with one attached hydrogen (secondary N) is 1. The molecule has 2 rings (SSSR count). The zero-order valence-corrected chi connectivity index (χ0v) is 14.3. The van der Waals surface area contributed by atoms with E-state index in [1.807, 2.05) is 0 Å². The highest BCUT2D eigenvalue weighted by molar-refractivity contribution is 7.09. The van der Waals surface area contributed by atoms with Crippen LogP contribution in [0.3, 0.4) is 0 Å². The summed E-state index contributed by atoms with van der Waals surface area (Å²) >= 11 is 1.76. The van der Waals surface area contributed by atoms with Crippen molar-refractivity contribution in [2.75, 3.05) is 6.54 Å². The lowest BCUT2D eigenvalue weighted by molar-refractivity contribution is 0.528. The van der Waals surface area contributed by atoms with Crippen LogP contribution < -0.4 is 5.32 Å². The maximum absolute atomic E-state index is 4.61. The van der Waals surface area contributed by atoms with Gasteiger partial charge in [-0.25, -0.2) is 4.98 Å². The number of aryl methyl sites for hydroxylation is 1. The standard InChI is InChI=1S/C18H26N2S/c1-5-10-19-17(11-18-20-14(4)12-21-18)16-8-6-15(7-9-16)13(2)3/h6-9,12-13,17,19H,5,10-11H2,1-4H3. The Bertz CT molecular complexity index is 543. The smallest absolute Gasteiger partial charge is 0.0947 e. The van der Waals surface area contributed by atoms with Crippen molar-refractivity contribution in [2.24, 2.45) is 0 Å². The fourth-order valence-corrected chi connectivity index (χ4v) is 3.23. The predicted octanol–water partition coefficient (Wildman–Crippen LogP) is 4.86. The molecule has 0 aliphatic rings. The van der Waals surface area contributed by atoms with E-state index in [1.54, 1.807) is 11.3 Å². The number of hydrogen-bond acceptors (Lipinski definition) is 3. The normalized spacial score (nSPS) is 12.8. The molecule has 1 N–H and O–H groups in total. The molecule has 1 aromatic heterocycles. The molecule has 0 radical (unpaired) electrons. The summed E-state index contributed by atoms with van der Waals surface area (Å²) < 4.78 is 0. The molecular formula is C18H26N2S. The molecule has 0 amide bonds. The molecule has 2 aromatic rings. The highest BCUT2D eigenvalue weighted by Gasteiger charge is 2.14. The van der Waals surface area contributed by atoms with Gasteiger partial charge in [-0.3, -0.25) is 0 Å². The zero-order chi connectivity index (χ0) is 15.2. The fourth-order valence-electron chi connectivity index (χ4n) is 2.41. The molecule has 3 heteroatoms. The zero-order valence-electron chi connectivity index (χ0n) is 13.5. The highest BCUT2D eigenvalue weighted by Crippen LogP contribution is 2.23. The van der Waals surface area contributed by atoms with E-state index < -0.39 is 0 Å². The summed E-state index contributed by atoms with van der Waals surface area (Å²) in [5, 5.41) is 7.01. The second kappa shape index (κ2) is 7.71. The van der Waals surface area contributed by atoms with Gasteiger partial charge in [0.15, 0.2) is 0 Å². The van der Waals surface area contributed by atoms with Gasteiger partial charge in [0.1, 0.15) is 0 Å². The Balaban J connectivity index is 2.14. The maximum Gasteiger partial charge on any atom is 0.0947 e. The molecule has 1 heterocycles. The van der Waals surface area contributed by atoms with E-state index in [9.17, 15) is 0 Å². The Kier molecular flexibility index (Phi) is 5.95. The van der Waals surface area contributed by atoms with E-state index in [0.29, 0.717) is 12.0 Å². The number of rotatable bonds is 7. The van der Waals surface area contributed by atoms with Crippen LogP contribution in [0, 0.1) is 6.92 Å². The van der Waals surface area contributed by atoms with Crippen LogP contribution in [-0.2, 0) is 6.42 Å². The van der Waals surface area contributed by atoms with Gasteiger partial charge in [-0.2, -0.15) is 0 Å². The van der Waals surface area contributed by atoms with Gasteiger partial charge in [-0.1, -0.05) is 45.0 Å². The van der Waals surface area contributed by atoms with Crippen LogP contribution in [0.15, 0.2) is 29.6 Å². The van der Waals surface area contributed by atoms with E-state index >= 15 is 0 Å². The van der Waals surface area contributed by atoms with Crippen molar-refractivity contribution >= 4 is 11.3 Å². The van der Waals surface area contributed by atoms with Crippen molar-refractivity contribution in [2.45, 2.75) is 52.5 Å². The number of nitrogens with zero attached hydrogens (tertiary/aromatic N) is 1. The van der Waals surface area contributed by atoms with Gasteiger partial charge in [-0.15, -0.1) is 11.3 Å². The minimum Gasteiger partial charge on any atom is -0.310 e. The summed E-state index contributed by atoms with van der Waals surface area (Å²) in [6.45, 7) is 9.78. The second-order valence-corrected chi connectivity index (χ2v) is 6.86. The molecule has 1 aromatic carbocycles. The molecule has 0 spiro atoms. The van der Waals surface area contributed by atoms with Crippen LogP contribution in [0.5, 0.6) is 0 Å². The van der Waals surface area contributed by atoms with Crippen LogP contribution in [0.4, 0.5) is 0 Å². The van der Waals surface area contributed by atoms with E-state index in [-0.39, 0.29) is 0 Å². The van der Waals surface area contributed by atoms with E-state index in [4.69, 9.17) is 0 Å². The lowest BCUT2D eigenvalue weighted by Gasteiger charge is -2.19. The van der Waals surface area contributed by atoms with Crippen molar-refractivity contribution in [3.05, 3.63) is 51.5 Å². The third kappa shape index (κ3) is 4.65. The topological polar surface area (TPSA) is 24.9 Å². The largest absolute Gasteiger partial charge is 0.310 e. The second-order valence-electron chi connectivity index (χ2n) is 5.91. The molecule has 0 saturated heterocycles. The van der Waals surface area contributed by atoms with Crippen molar-refractivity contribution in [3.8, 4) is 0 Å². The third-order valence-corrected chi connectivity index (χ3v) is 4.68. The summed E-state index contributed by atoms with van der Waals surface area (Å²) in [5.41, 5.74) is 3.89. The van der Waals surface area contributed by atoms with E-state index in [0.717, 1.165) is 25.1 Å². The molecule has 114 valence electrons. The number of thiazole rings is 1. The molecule has 2 nitrogen and oxygen atoms in total. The number of benzene rings is 1. The molecule has 1 atom stereocenters. The fraction of sp³-hybridized carbons (Fsp3) is 0.500. The van der Waals surface area contributed by atoms with Gasteiger partial charge in [0.25, 0.3) is 0 Å². The van der Waals surface area contributed by atoms with Gasteiger partial charge >= 0.3 is 0 Å². The van der Waals surface area contributed by atoms with Gasteiger partial charge in [0.2, 0.25) is 0 Å².